The predicted octanol–water partition coefficient (Wildman–Crippen LogP) is 5.08. The van der Waals surface area contributed by atoms with Gasteiger partial charge in [-0.2, -0.15) is 0 Å². The van der Waals surface area contributed by atoms with Crippen LogP contribution >= 0.6 is 35.3 Å². The Hall–Kier alpha value is -1.97. The summed E-state index contributed by atoms with van der Waals surface area (Å²) in [5.41, 5.74) is 4.65. The molecule has 1 heterocycles. The van der Waals surface area contributed by atoms with E-state index in [1.54, 1.807) is 11.3 Å². The van der Waals surface area contributed by atoms with E-state index in [-0.39, 0.29) is 24.0 Å². The van der Waals surface area contributed by atoms with Crippen LogP contribution < -0.4 is 10.6 Å². The number of nitrogens with one attached hydrogen (secondary N) is 2. The smallest absolute Gasteiger partial charge is 0.191 e. The Balaban J connectivity index is 0.00000341. The van der Waals surface area contributed by atoms with Gasteiger partial charge in [-0.1, -0.05) is 54.6 Å². The predicted molar refractivity (Wildman–Crippen MR) is 140 cm³/mol. The van der Waals surface area contributed by atoms with Gasteiger partial charge in [0.2, 0.25) is 0 Å². The lowest BCUT2D eigenvalue weighted by atomic mass is 10.1. The molecule has 3 rings (SSSR count). The van der Waals surface area contributed by atoms with Crippen molar-refractivity contribution in [2.75, 3.05) is 13.1 Å². The van der Waals surface area contributed by atoms with Gasteiger partial charge in [0, 0.05) is 24.9 Å². The van der Waals surface area contributed by atoms with E-state index in [1.807, 2.05) is 25.1 Å². The first-order valence-corrected chi connectivity index (χ1v) is 11.2. The number of ether oxygens (including phenoxy) is 1. The van der Waals surface area contributed by atoms with Crippen LogP contribution in [-0.2, 0) is 30.9 Å². The molecule has 5 nitrogen and oxygen atoms in total. The maximum atomic E-state index is 5.86. The largest absolute Gasteiger partial charge is 0.372 e. The molecule has 7 heteroatoms. The van der Waals surface area contributed by atoms with Crippen molar-refractivity contribution in [3.05, 3.63) is 87.4 Å². The molecule has 0 saturated carbocycles. The highest BCUT2D eigenvalue weighted by Crippen LogP contribution is 2.10. The Kier molecular flexibility index (Phi) is 11.6. The summed E-state index contributed by atoms with van der Waals surface area (Å²) in [6.07, 6.45) is 0.892. The van der Waals surface area contributed by atoms with Crippen molar-refractivity contribution in [1.29, 1.82) is 0 Å². The number of nitrogens with zero attached hydrogens (tertiary/aromatic N) is 2. The molecule has 0 aliphatic rings. The van der Waals surface area contributed by atoms with Gasteiger partial charge in [0.25, 0.3) is 0 Å². The normalized spacial score (nSPS) is 11.1. The monoisotopic (exact) mass is 550 g/mol. The second kappa shape index (κ2) is 14.2. The summed E-state index contributed by atoms with van der Waals surface area (Å²) in [7, 11) is 0. The maximum absolute atomic E-state index is 5.86. The van der Waals surface area contributed by atoms with E-state index in [0.717, 1.165) is 41.7 Å². The van der Waals surface area contributed by atoms with Crippen LogP contribution in [0, 0.1) is 6.92 Å². The number of aryl methyl sites for hydroxylation is 1. The van der Waals surface area contributed by atoms with Crippen LogP contribution in [0.5, 0.6) is 0 Å². The van der Waals surface area contributed by atoms with Gasteiger partial charge in [-0.15, -0.1) is 35.3 Å². The number of hydrogen-bond donors (Lipinski definition) is 2. The number of guanidine groups is 1. The Morgan fingerprint density at radius 3 is 2.48 bits per heavy atom. The number of benzene rings is 2. The molecule has 0 saturated heterocycles. The Labute approximate surface area is 206 Å². The average molecular weight is 551 g/mol. The highest BCUT2D eigenvalue weighted by atomic mass is 127. The molecule has 166 valence electrons. The third-order valence-electron chi connectivity index (χ3n) is 4.48. The lowest BCUT2D eigenvalue weighted by Gasteiger charge is -2.11. The molecule has 0 aliphatic carbocycles. The summed E-state index contributed by atoms with van der Waals surface area (Å²) in [5.74, 6) is 0.829. The van der Waals surface area contributed by atoms with Crippen LogP contribution in [-0.4, -0.2) is 24.0 Å². The standard InChI is InChI=1S/C24H30N4OS.HI/c1-3-25-24(26-13-12-23-18-30-19(2)28-23)27-15-21-10-7-11-22(14-21)17-29-16-20-8-5-4-6-9-20;/h4-11,14,18H,3,12-13,15-17H2,1-2H3,(H2,25,26,27);1H. The summed E-state index contributed by atoms with van der Waals surface area (Å²) in [4.78, 5) is 9.23. The van der Waals surface area contributed by atoms with E-state index >= 15 is 0 Å². The molecule has 2 aromatic carbocycles. The second-order valence-corrected chi connectivity index (χ2v) is 8.09. The molecule has 1 aromatic heterocycles. The molecule has 0 radical (unpaired) electrons. The molecule has 31 heavy (non-hydrogen) atoms. The number of rotatable bonds is 10. The van der Waals surface area contributed by atoms with Crippen LogP contribution in [0.25, 0.3) is 0 Å². The highest BCUT2D eigenvalue weighted by Gasteiger charge is 2.02. The number of halogens is 1. The zero-order valence-electron chi connectivity index (χ0n) is 18.1. The van der Waals surface area contributed by atoms with Crippen LogP contribution in [0.1, 0.15) is 34.3 Å². The minimum absolute atomic E-state index is 0. The average Bonchev–Trinajstić information content (AvgIpc) is 3.18. The Bertz CT molecular complexity index is 930. The molecule has 2 N–H and O–H groups in total. The van der Waals surface area contributed by atoms with Crippen LogP contribution in [0.3, 0.4) is 0 Å². The minimum Gasteiger partial charge on any atom is -0.372 e. The Morgan fingerprint density at radius 2 is 1.74 bits per heavy atom. The van der Waals surface area contributed by atoms with Crippen LogP contribution in [0.4, 0.5) is 0 Å². The SMILES string of the molecule is CCNC(=NCc1cccc(COCc2ccccc2)c1)NCCc1csc(C)n1.I. The van der Waals surface area contributed by atoms with Gasteiger partial charge in [0.05, 0.1) is 30.5 Å². The first-order valence-electron chi connectivity index (χ1n) is 10.4. The van der Waals surface area contributed by atoms with E-state index in [4.69, 9.17) is 9.73 Å². The van der Waals surface area contributed by atoms with Crippen molar-refractivity contribution in [2.45, 2.75) is 40.0 Å². The van der Waals surface area contributed by atoms with Crippen molar-refractivity contribution < 1.29 is 4.74 Å². The van der Waals surface area contributed by atoms with Gasteiger partial charge in [-0.05, 0) is 30.5 Å². The lowest BCUT2D eigenvalue weighted by molar-refractivity contribution is 0.107. The first kappa shape index (κ1) is 25.3. The van der Waals surface area contributed by atoms with Gasteiger partial charge < -0.3 is 15.4 Å². The van der Waals surface area contributed by atoms with Gasteiger partial charge in [0.15, 0.2) is 5.96 Å². The van der Waals surface area contributed by atoms with Gasteiger partial charge in [-0.3, -0.25) is 0 Å². The summed E-state index contributed by atoms with van der Waals surface area (Å²) in [6, 6.07) is 18.7. The van der Waals surface area contributed by atoms with Crippen molar-refractivity contribution in [1.82, 2.24) is 15.6 Å². The summed E-state index contributed by atoms with van der Waals surface area (Å²) in [5, 5.41) is 9.93. The molecule has 0 atom stereocenters. The first-order chi connectivity index (χ1) is 14.7. The van der Waals surface area contributed by atoms with Crippen molar-refractivity contribution in [3.63, 3.8) is 0 Å². The molecule has 0 bridgehead atoms. The fraction of sp³-hybridized carbons (Fsp3) is 0.333. The lowest BCUT2D eigenvalue weighted by Crippen LogP contribution is -2.38. The molecule has 0 fully saturated rings. The van der Waals surface area contributed by atoms with Crippen molar-refractivity contribution in [3.8, 4) is 0 Å². The maximum Gasteiger partial charge on any atom is 0.191 e. The number of aromatic nitrogens is 1. The van der Waals surface area contributed by atoms with E-state index in [2.05, 4.69) is 64.3 Å². The zero-order valence-corrected chi connectivity index (χ0v) is 21.3. The summed E-state index contributed by atoms with van der Waals surface area (Å²) >= 11 is 1.69. The quantitative estimate of drug-likeness (QED) is 0.210. The molecular formula is C24H31IN4OS. The summed E-state index contributed by atoms with van der Waals surface area (Å²) < 4.78 is 5.86. The van der Waals surface area contributed by atoms with Gasteiger partial charge in [0.1, 0.15) is 0 Å². The van der Waals surface area contributed by atoms with Gasteiger partial charge >= 0.3 is 0 Å². The second-order valence-electron chi connectivity index (χ2n) is 7.03. The molecular weight excluding hydrogens is 519 g/mol. The highest BCUT2D eigenvalue weighted by molar-refractivity contribution is 14.0. The van der Waals surface area contributed by atoms with Crippen molar-refractivity contribution >= 4 is 41.3 Å². The van der Waals surface area contributed by atoms with E-state index in [9.17, 15) is 0 Å². The topological polar surface area (TPSA) is 58.5 Å². The molecule has 0 amide bonds. The summed E-state index contributed by atoms with van der Waals surface area (Å²) in [6.45, 7) is 7.59. The van der Waals surface area contributed by atoms with E-state index < -0.39 is 0 Å². The van der Waals surface area contributed by atoms with E-state index in [0.29, 0.717) is 19.8 Å². The number of thiazole rings is 1. The Morgan fingerprint density at radius 1 is 1.00 bits per heavy atom. The van der Waals surface area contributed by atoms with E-state index in [1.165, 1.54) is 11.1 Å². The van der Waals surface area contributed by atoms with Crippen molar-refractivity contribution in [2.24, 2.45) is 4.99 Å². The minimum atomic E-state index is 0. The number of hydrogen-bond acceptors (Lipinski definition) is 4. The van der Waals surface area contributed by atoms with Crippen LogP contribution in [0.2, 0.25) is 0 Å². The fourth-order valence-corrected chi connectivity index (χ4v) is 3.67. The number of aliphatic imine (C=N–C) groups is 1. The third-order valence-corrected chi connectivity index (χ3v) is 5.30. The molecule has 0 spiro atoms. The third kappa shape index (κ3) is 9.37. The molecule has 0 unspecified atom stereocenters. The molecule has 0 aliphatic heterocycles. The molecule has 3 aromatic rings. The zero-order chi connectivity index (χ0) is 21.0. The fourth-order valence-electron chi connectivity index (χ4n) is 3.02. The van der Waals surface area contributed by atoms with Crippen LogP contribution in [0.15, 0.2) is 65.0 Å². The van der Waals surface area contributed by atoms with Gasteiger partial charge in [-0.25, -0.2) is 9.98 Å².